The first-order chi connectivity index (χ1) is 12.7. The maximum atomic E-state index is 12.1. The van der Waals surface area contributed by atoms with E-state index in [9.17, 15) is 9.59 Å². The number of carbonyl (C=O) groups is 1. The SMILES string of the molecule is O=C(CCCn1c(=O)oc2ccccc21)NCc1cn2ccccc2n1. The molecule has 7 nitrogen and oxygen atoms in total. The van der Waals surface area contributed by atoms with Crippen molar-refractivity contribution in [3.63, 3.8) is 0 Å². The van der Waals surface area contributed by atoms with Crippen molar-refractivity contribution < 1.29 is 9.21 Å². The minimum atomic E-state index is -0.392. The summed E-state index contributed by atoms with van der Waals surface area (Å²) in [5, 5.41) is 2.87. The van der Waals surface area contributed by atoms with Gasteiger partial charge in [0.15, 0.2) is 5.58 Å². The van der Waals surface area contributed by atoms with Gasteiger partial charge in [0, 0.05) is 25.4 Å². The van der Waals surface area contributed by atoms with Crippen molar-refractivity contribution >= 4 is 22.7 Å². The fourth-order valence-electron chi connectivity index (χ4n) is 2.97. The van der Waals surface area contributed by atoms with Crippen LogP contribution in [0.15, 0.2) is 64.1 Å². The lowest BCUT2D eigenvalue weighted by molar-refractivity contribution is -0.121. The molecule has 0 saturated heterocycles. The Hall–Kier alpha value is -3.35. The van der Waals surface area contributed by atoms with Crippen molar-refractivity contribution in [2.45, 2.75) is 25.9 Å². The van der Waals surface area contributed by atoms with Crippen molar-refractivity contribution in [2.24, 2.45) is 0 Å². The summed E-state index contributed by atoms with van der Waals surface area (Å²) in [4.78, 5) is 28.4. The number of nitrogens with one attached hydrogen (secondary N) is 1. The largest absolute Gasteiger partial charge is 0.419 e. The number of nitrogens with zero attached hydrogens (tertiary/aromatic N) is 3. The molecule has 0 unspecified atom stereocenters. The number of para-hydroxylation sites is 2. The first-order valence-electron chi connectivity index (χ1n) is 8.48. The second-order valence-electron chi connectivity index (χ2n) is 6.07. The van der Waals surface area contributed by atoms with E-state index < -0.39 is 5.76 Å². The van der Waals surface area contributed by atoms with Crippen LogP contribution in [0.5, 0.6) is 0 Å². The number of imidazole rings is 1. The Kier molecular flexibility index (Phi) is 4.27. The second kappa shape index (κ2) is 6.87. The van der Waals surface area contributed by atoms with Crippen LogP contribution in [-0.4, -0.2) is 19.9 Å². The summed E-state index contributed by atoms with van der Waals surface area (Å²) in [6.45, 7) is 0.826. The molecule has 4 rings (SSSR count). The molecule has 0 bridgehead atoms. The van der Waals surface area contributed by atoms with Crippen LogP contribution in [0.1, 0.15) is 18.5 Å². The maximum Gasteiger partial charge on any atom is 0.419 e. The molecule has 0 fully saturated rings. The maximum absolute atomic E-state index is 12.1. The summed E-state index contributed by atoms with van der Waals surface area (Å²) in [5.41, 5.74) is 2.97. The topological polar surface area (TPSA) is 81.5 Å². The summed E-state index contributed by atoms with van der Waals surface area (Å²) < 4.78 is 8.66. The van der Waals surface area contributed by atoms with Gasteiger partial charge in [0.25, 0.3) is 0 Å². The van der Waals surface area contributed by atoms with E-state index in [1.54, 1.807) is 10.6 Å². The van der Waals surface area contributed by atoms with Crippen LogP contribution in [0, 0.1) is 0 Å². The molecule has 0 saturated carbocycles. The van der Waals surface area contributed by atoms with Gasteiger partial charge >= 0.3 is 5.76 Å². The Morgan fingerprint density at radius 1 is 1.15 bits per heavy atom. The molecule has 0 aliphatic rings. The molecule has 0 aliphatic carbocycles. The predicted octanol–water partition coefficient (Wildman–Crippen LogP) is 2.34. The molecule has 1 amide bonds. The summed E-state index contributed by atoms with van der Waals surface area (Å²) in [6.07, 6.45) is 4.70. The van der Waals surface area contributed by atoms with E-state index in [0.717, 1.165) is 16.9 Å². The number of hydrogen-bond donors (Lipinski definition) is 1. The summed E-state index contributed by atoms with van der Waals surface area (Å²) in [6, 6.07) is 13.0. The van der Waals surface area contributed by atoms with Gasteiger partial charge in [0.2, 0.25) is 5.91 Å². The first-order valence-corrected chi connectivity index (χ1v) is 8.48. The lowest BCUT2D eigenvalue weighted by Crippen LogP contribution is -2.23. The fraction of sp³-hybridized carbons (Fsp3) is 0.211. The van der Waals surface area contributed by atoms with E-state index in [4.69, 9.17) is 4.42 Å². The zero-order chi connectivity index (χ0) is 17.9. The molecule has 7 heteroatoms. The van der Waals surface area contributed by atoms with Gasteiger partial charge in [-0.25, -0.2) is 9.78 Å². The molecule has 4 aromatic rings. The van der Waals surface area contributed by atoms with E-state index >= 15 is 0 Å². The fourth-order valence-corrected chi connectivity index (χ4v) is 2.97. The highest BCUT2D eigenvalue weighted by molar-refractivity contribution is 5.76. The summed E-state index contributed by atoms with van der Waals surface area (Å²) >= 11 is 0. The number of aromatic nitrogens is 3. The molecular formula is C19H18N4O3. The van der Waals surface area contributed by atoms with Crippen molar-refractivity contribution in [1.29, 1.82) is 0 Å². The Morgan fingerprint density at radius 2 is 2.00 bits per heavy atom. The van der Waals surface area contributed by atoms with Gasteiger partial charge in [0.05, 0.1) is 17.8 Å². The highest BCUT2D eigenvalue weighted by Gasteiger charge is 2.09. The number of benzene rings is 1. The van der Waals surface area contributed by atoms with Crippen LogP contribution in [0.4, 0.5) is 0 Å². The van der Waals surface area contributed by atoms with Gasteiger partial charge in [-0.3, -0.25) is 9.36 Å². The molecule has 26 heavy (non-hydrogen) atoms. The number of pyridine rings is 1. The van der Waals surface area contributed by atoms with Crippen LogP contribution < -0.4 is 11.1 Å². The average Bonchev–Trinajstić information content (AvgIpc) is 3.20. The van der Waals surface area contributed by atoms with Crippen LogP contribution in [0.2, 0.25) is 0 Å². The van der Waals surface area contributed by atoms with Crippen molar-refractivity contribution in [3.05, 3.63) is 71.1 Å². The van der Waals surface area contributed by atoms with E-state index in [1.807, 2.05) is 53.2 Å². The molecular weight excluding hydrogens is 332 g/mol. The number of aryl methyl sites for hydroxylation is 1. The molecule has 3 heterocycles. The first kappa shape index (κ1) is 16.1. The third-order valence-corrected chi connectivity index (χ3v) is 4.24. The number of oxazole rings is 1. The lowest BCUT2D eigenvalue weighted by atomic mass is 10.2. The third kappa shape index (κ3) is 3.23. The molecule has 0 aliphatic heterocycles. The van der Waals surface area contributed by atoms with E-state index in [-0.39, 0.29) is 5.91 Å². The molecule has 0 atom stereocenters. The van der Waals surface area contributed by atoms with Crippen LogP contribution in [0.25, 0.3) is 16.7 Å². The lowest BCUT2D eigenvalue weighted by Gasteiger charge is -2.04. The average molecular weight is 350 g/mol. The number of rotatable bonds is 6. The van der Waals surface area contributed by atoms with E-state index in [2.05, 4.69) is 10.3 Å². The minimum absolute atomic E-state index is 0.0668. The number of carbonyl (C=O) groups excluding carboxylic acids is 1. The Labute approximate surface area is 148 Å². The second-order valence-corrected chi connectivity index (χ2v) is 6.07. The van der Waals surface area contributed by atoms with Gasteiger partial charge < -0.3 is 14.1 Å². The highest BCUT2D eigenvalue weighted by Crippen LogP contribution is 2.12. The van der Waals surface area contributed by atoms with Gasteiger partial charge in [-0.2, -0.15) is 0 Å². The Bertz CT molecular complexity index is 1090. The number of hydrogen-bond acceptors (Lipinski definition) is 4. The van der Waals surface area contributed by atoms with Crippen LogP contribution in [0.3, 0.4) is 0 Å². The van der Waals surface area contributed by atoms with Crippen molar-refractivity contribution in [2.75, 3.05) is 0 Å². The van der Waals surface area contributed by atoms with Crippen LogP contribution >= 0.6 is 0 Å². The third-order valence-electron chi connectivity index (χ3n) is 4.24. The van der Waals surface area contributed by atoms with Gasteiger partial charge in [-0.15, -0.1) is 0 Å². The predicted molar refractivity (Wildman–Crippen MR) is 96.7 cm³/mol. The van der Waals surface area contributed by atoms with E-state index in [1.165, 1.54) is 0 Å². The molecule has 132 valence electrons. The number of amides is 1. The highest BCUT2D eigenvalue weighted by atomic mass is 16.4. The zero-order valence-corrected chi connectivity index (χ0v) is 14.1. The van der Waals surface area contributed by atoms with Gasteiger partial charge in [-0.1, -0.05) is 18.2 Å². The van der Waals surface area contributed by atoms with E-state index in [0.29, 0.717) is 31.5 Å². The summed E-state index contributed by atoms with van der Waals surface area (Å²) in [7, 11) is 0. The Balaban J connectivity index is 1.31. The smallest absolute Gasteiger partial charge is 0.408 e. The van der Waals surface area contributed by atoms with Crippen LogP contribution in [-0.2, 0) is 17.9 Å². The van der Waals surface area contributed by atoms with Gasteiger partial charge in [-0.05, 0) is 30.7 Å². The molecule has 1 aromatic carbocycles. The minimum Gasteiger partial charge on any atom is -0.408 e. The standard InChI is InChI=1S/C19H18N4O3/c24-18(20-12-14-13-22-10-4-3-8-17(22)21-14)9-5-11-23-15-6-1-2-7-16(15)26-19(23)25/h1-4,6-8,10,13H,5,9,11-12H2,(H,20,24). The molecule has 1 N–H and O–H groups in total. The summed E-state index contributed by atoms with van der Waals surface area (Å²) in [5.74, 6) is -0.459. The van der Waals surface area contributed by atoms with Crippen molar-refractivity contribution in [3.8, 4) is 0 Å². The molecule has 0 radical (unpaired) electrons. The monoisotopic (exact) mass is 350 g/mol. The quantitative estimate of drug-likeness (QED) is 0.579. The normalized spacial score (nSPS) is 11.2. The molecule has 0 spiro atoms. The van der Waals surface area contributed by atoms with Gasteiger partial charge in [0.1, 0.15) is 5.65 Å². The van der Waals surface area contributed by atoms with Crippen molar-refractivity contribution in [1.82, 2.24) is 19.3 Å². The number of fused-ring (bicyclic) bond motifs is 2. The zero-order valence-electron chi connectivity index (χ0n) is 14.1. The molecule has 3 aromatic heterocycles. The Morgan fingerprint density at radius 3 is 2.88 bits per heavy atom.